The van der Waals surface area contributed by atoms with E-state index in [1.54, 1.807) is 37.3 Å². The Hall–Kier alpha value is -2.28. The van der Waals surface area contributed by atoms with Crippen molar-refractivity contribution in [3.8, 4) is 11.5 Å². The van der Waals surface area contributed by atoms with Crippen LogP contribution in [0.2, 0.25) is 0 Å². The highest BCUT2D eigenvalue weighted by Gasteiger charge is 2.37. The van der Waals surface area contributed by atoms with Crippen molar-refractivity contribution in [2.75, 3.05) is 38.8 Å². The second-order valence-corrected chi connectivity index (χ2v) is 6.47. The van der Waals surface area contributed by atoms with Gasteiger partial charge in [-0.05, 0) is 25.0 Å². The van der Waals surface area contributed by atoms with Crippen LogP contribution in [0.4, 0.5) is 5.69 Å². The number of anilines is 1. The maximum Gasteiger partial charge on any atom is 0.239 e. The van der Waals surface area contributed by atoms with E-state index < -0.39 is 0 Å². The molecule has 2 saturated heterocycles. The molecule has 3 rings (SSSR count). The van der Waals surface area contributed by atoms with Crippen LogP contribution < -0.4 is 19.8 Å². The predicted molar refractivity (Wildman–Crippen MR) is 93.6 cm³/mol. The summed E-state index contributed by atoms with van der Waals surface area (Å²) >= 11 is 0. The van der Waals surface area contributed by atoms with Crippen LogP contribution >= 0.6 is 0 Å². The summed E-state index contributed by atoms with van der Waals surface area (Å²) in [5.41, 5.74) is 3.63. The molecule has 0 aromatic heterocycles. The number of carbonyl (C=O) groups excluding carboxylic acids is 2. The van der Waals surface area contributed by atoms with Gasteiger partial charge < -0.3 is 14.4 Å². The fraction of sp³-hybridized carbons (Fsp3) is 0.556. The summed E-state index contributed by atoms with van der Waals surface area (Å²) in [6.07, 6.45) is 3.62. The van der Waals surface area contributed by atoms with Gasteiger partial charge in [-0.1, -0.05) is 6.42 Å². The molecule has 0 spiro atoms. The summed E-state index contributed by atoms with van der Waals surface area (Å²) in [5.74, 6) is 0.727. The fourth-order valence-corrected chi connectivity index (χ4v) is 3.38. The first-order valence-electron chi connectivity index (χ1n) is 8.70. The van der Waals surface area contributed by atoms with Gasteiger partial charge in [0.1, 0.15) is 11.5 Å². The number of ether oxygens (including phenoxy) is 2. The van der Waals surface area contributed by atoms with E-state index in [1.807, 2.05) is 5.01 Å². The summed E-state index contributed by atoms with van der Waals surface area (Å²) in [7, 11) is 3.13. The average Bonchev–Trinajstić information content (AvgIpc) is 3.03. The highest BCUT2D eigenvalue weighted by Crippen LogP contribution is 2.35. The van der Waals surface area contributed by atoms with E-state index in [1.165, 1.54) is 6.42 Å². The van der Waals surface area contributed by atoms with E-state index in [-0.39, 0.29) is 24.2 Å². The topological polar surface area (TPSA) is 71.1 Å². The van der Waals surface area contributed by atoms with Crippen LogP contribution in [0.3, 0.4) is 0 Å². The van der Waals surface area contributed by atoms with E-state index >= 15 is 0 Å². The number of benzene rings is 1. The van der Waals surface area contributed by atoms with Crippen LogP contribution in [0.25, 0.3) is 0 Å². The zero-order valence-corrected chi connectivity index (χ0v) is 14.8. The van der Waals surface area contributed by atoms with Gasteiger partial charge in [-0.3, -0.25) is 15.0 Å². The highest BCUT2D eigenvalue weighted by atomic mass is 16.5. The molecule has 1 N–H and O–H groups in total. The molecular weight excluding hydrogens is 322 g/mol. The molecular formula is C18H25N3O4. The SMILES string of the molecule is COc1ccc(N2C[C@@H](C(=O)NN3CCCCC3)CC2=O)c(OC)c1. The lowest BCUT2D eigenvalue weighted by Gasteiger charge is -2.28. The first-order chi connectivity index (χ1) is 12.1. The Labute approximate surface area is 147 Å². The number of carbonyl (C=O) groups is 2. The number of amides is 2. The van der Waals surface area contributed by atoms with Gasteiger partial charge in [0.15, 0.2) is 0 Å². The van der Waals surface area contributed by atoms with Gasteiger partial charge in [-0.25, -0.2) is 5.01 Å². The number of methoxy groups -OCH3 is 2. The van der Waals surface area contributed by atoms with Gasteiger partial charge in [-0.15, -0.1) is 0 Å². The molecule has 25 heavy (non-hydrogen) atoms. The lowest BCUT2D eigenvalue weighted by atomic mass is 10.1. The Balaban J connectivity index is 1.68. The Morgan fingerprint density at radius 1 is 1.16 bits per heavy atom. The van der Waals surface area contributed by atoms with Gasteiger partial charge in [0, 0.05) is 32.1 Å². The largest absolute Gasteiger partial charge is 0.497 e. The minimum absolute atomic E-state index is 0.0674. The molecule has 136 valence electrons. The molecule has 2 aliphatic rings. The lowest BCUT2D eigenvalue weighted by molar-refractivity contribution is -0.131. The van der Waals surface area contributed by atoms with E-state index in [4.69, 9.17) is 9.47 Å². The quantitative estimate of drug-likeness (QED) is 0.875. The minimum atomic E-state index is -0.346. The minimum Gasteiger partial charge on any atom is -0.497 e. The van der Waals surface area contributed by atoms with Gasteiger partial charge in [-0.2, -0.15) is 0 Å². The first kappa shape index (κ1) is 17.5. The van der Waals surface area contributed by atoms with Crippen molar-refractivity contribution in [2.45, 2.75) is 25.7 Å². The molecule has 1 aromatic rings. The van der Waals surface area contributed by atoms with Crippen molar-refractivity contribution < 1.29 is 19.1 Å². The summed E-state index contributed by atoms with van der Waals surface area (Å²) in [6, 6.07) is 5.32. The standard InChI is InChI=1S/C18H25N3O4/c1-24-14-6-7-15(16(11-14)25-2)21-12-13(10-17(21)22)18(23)19-20-8-4-3-5-9-20/h6-7,11,13H,3-5,8-10,12H2,1-2H3,(H,19,23)/t13-/m0/s1. The first-order valence-corrected chi connectivity index (χ1v) is 8.70. The zero-order chi connectivity index (χ0) is 17.8. The van der Waals surface area contributed by atoms with E-state index in [0.717, 1.165) is 25.9 Å². The monoisotopic (exact) mass is 347 g/mol. The number of rotatable bonds is 5. The van der Waals surface area contributed by atoms with Crippen molar-refractivity contribution in [3.63, 3.8) is 0 Å². The maximum absolute atomic E-state index is 12.5. The van der Waals surface area contributed by atoms with Crippen molar-refractivity contribution in [1.82, 2.24) is 10.4 Å². The predicted octanol–water partition coefficient (Wildman–Crippen LogP) is 1.57. The second-order valence-electron chi connectivity index (χ2n) is 6.47. The average molecular weight is 347 g/mol. The molecule has 0 aliphatic carbocycles. The third-order valence-corrected chi connectivity index (χ3v) is 4.80. The molecule has 0 unspecified atom stereocenters. The normalized spacial score (nSPS) is 21.3. The third-order valence-electron chi connectivity index (χ3n) is 4.80. The number of piperidine rings is 1. The van der Waals surface area contributed by atoms with Crippen LogP contribution in [0.5, 0.6) is 11.5 Å². The van der Waals surface area contributed by atoms with Crippen LogP contribution in [-0.4, -0.2) is 50.7 Å². The van der Waals surface area contributed by atoms with Crippen molar-refractivity contribution in [3.05, 3.63) is 18.2 Å². The molecule has 0 radical (unpaired) electrons. The zero-order valence-electron chi connectivity index (χ0n) is 14.8. The number of hydrogen-bond acceptors (Lipinski definition) is 5. The van der Waals surface area contributed by atoms with Crippen molar-refractivity contribution in [2.24, 2.45) is 5.92 Å². The molecule has 2 heterocycles. The molecule has 0 saturated carbocycles. The van der Waals surface area contributed by atoms with Gasteiger partial charge in [0.2, 0.25) is 11.8 Å². The Bertz CT molecular complexity index is 643. The molecule has 2 fully saturated rings. The van der Waals surface area contributed by atoms with E-state index in [9.17, 15) is 9.59 Å². The molecule has 2 amide bonds. The highest BCUT2D eigenvalue weighted by molar-refractivity contribution is 6.01. The summed E-state index contributed by atoms with van der Waals surface area (Å²) in [5, 5.41) is 1.97. The Morgan fingerprint density at radius 2 is 1.92 bits per heavy atom. The number of nitrogens with zero attached hydrogens (tertiary/aromatic N) is 2. The Kier molecular flexibility index (Phi) is 5.43. The lowest BCUT2D eigenvalue weighted by Crippen LogP contribution is -2.47. The van der Waals surface area contributed by atoms with Crippen molar-refractivity contribution in [1.29, 1.82) is 0 Å². The maximum atomic E-state index is 12.5. The smallest absolute Gasteiger partial charge is 0.239 e. The van der Waals surface area contributed by atoms with Crippen LogP contribution in [-0.2, 0) is 9.59 Å². The van der Waals surface area contributed by atoms with Gasteiger partial charge >= 0.3 is 0 Å². The number of hydrazine groups is 1. The molecule has 1 atom stereocenters. The summed E-state index contributed by atoms with van der Waals surface area (Å²) in [6.45, 7) is 2.12. The van der Waals surface area contributed by atoms with Crippen LogP contribution in [0.1, 0.15) is 25.7 Å². The number of nitrogens with one attached hydrogen (secondary N) is 1. The van der Waals surface area contributed by atoms with Crippen LogP contribution in [0, 0.1) is 5.92 Å². The number of hydrogen-bond donors (Lipinski definition) is 1. The molecule has 7 heteroatoms. The third kappa shape index (κ3) is 3.87. The molecule has 2 aliphatic heterocycles. The summed E-state index contributed by atoms with van der Waals surface area (Å²) < 4.78 is 10.6. The summed E-state index contributed by atoms with van der Waals surface area (Å²) in [4.78, 5) is 26.6. The fourth-order valence-electron chi connectivity index (χ4n) is 3.38. The molecule has 1 aromatic carbocycles. The molecule has 7 nitrogen and oxygen atoms in total. The second kappa shape index (κ2) is 7.74. The van der Waals surface area contributed by atoms with E-state index in [2.05, 4.69) is 5.43 Å². The Morgan fingerprint density at radius 3 is 2.60 bits per heavy atom. The van der Waals surface area contributed by atoms with Crippen LogP contribution in [0.15, 0.2) is 18.2 Å². The van der Waals surface area contributed by atoms with Gasteiger partial charge in [0.05, 0.1) is 25.8 Å². The van der Waals surface area contributed by atoms with E-state index in [0.29, 0.717) is 23.7 Å². The molecule has 0 bridgehead atoms. The van der Waals surface area contributed by atoms with Gasteiger partial charge in [0.25, 0.3) is 0 Å². The van der Waals surface area contributed by atoms with Crippen molar-refractivity contribution >= 4 is 17.5 Å².